The molecule has 0 atom stereocenters. The van der Waals surface area contributed by atoms with Gasteiger partial charge in [0, 0.05) is 11.4 Å². The largest absolute Gasteiger partial charge is 0.444 e. The maximum Gasteiger partial charge on any atom is 0.227 e. The first kappa shape index (κ1) is 10.1. The maximum atomic E-state index is 11.0. The number of Topliss-reactive ketones (excluding diaryl/α,β-unsaturated/α-hetero) is 1. The predicted molar refractivity (Wildman–Crippen MR) is 59.6 cm³/mol. The number of aromatic nitrogens is 1. The summed E-state index contributed by atoms with van der Waals surface area (Å²) in [7, 11) is 0. The fourth-order valence-corrected chi connectivity index (χ4v) is 1.65. The van der Waals surface area contributed by atoms with Gasteiger partial charge in [0.2, 0.25) is 5.89 Å². The van der Waals surface area contributed by atoms with Crippen LogP contribution in [-0.4, -0.2) is 10.8 Å². The highest BCUT2D eigenvalue weighted by molar-refractivity contribution is 9.10. The van der Waals surface area contributed by atoms with Crippen LogP contribution in [0.2, 0.25) is 0 Å². The van der Waals surface area contributed by atoms with Gasteiger partial charge in [-0.1, -0.05) is 12.1 Å². The molecular formula is C11H8BrNO2. The number of nitrogens with zero attached hydrogens (tertiary/aromatic N) is 1. The van der Waals surface area contributed by atoms with Crippen molar-refractivity contribution in [2.75, 3.05) is 0 Å². The Bertz CT molecular complexity index is 505. The van der Waals surface area contributed by atoms with Gasteiger partial charge >= 0.3 is 0 Å². The van der Waals surface area contributed by atoms with Crippen molar-refractivity contribution >= 4 is 21.7 Å². The number of rotatable bonds is 2. The molecule has 0 N–H and O–H groups in total. The highest BCUT2D eigenvalue weighted by atomic mass is 79.9. The molecule has 1 heterocycles. The third-order valence-electron chi connectivity index (χ3n) is 1.97. The fourth-order valence-electron chi connectivity index (χ4n) is 1.19. The van der Waals surface area contributed by atoms with Crippen LogP contribution >= 0.6 is 15.9 Å². The number of halogens is 1. The lowest BCUT2D eigenvalue weighted by Gasteiger charge is -1.97. The number of carbonyl (C=O) groups excluding carboxylic acids is 1. The first-order valence-corrected chi connectivity index (χ1v) is 5.19. The smallest absolute Gasteiger partial charge is 0.227 e. The van der Waals surface area contributed by atoms with E-state index < -0.39 is 0 Å². The van der Waals surface area contributed by atoms with Crippen LogP contribution in [0.1, 0.15) is 17.4 Å². The van der Waals surface area contributed by atoms with Gasteiger partial charge < -0.3 is 4.42 Å². The zero-order valence-electron chi connectivity index (χ0n) is 8.03. The molecule has 3 nitrogen and oxygen atoms in total. The summed E-state index contributed by atoms with van der Waals surface area (Å²) in [6, 6.07) is 7.56. The standard InChI is InChI=1S/C11H8BrNO2/c1-7(14)10-6-15-11(13-10)8-4-2-3-5-9(8)12/h2-6H,1H3. The Balaban J connectivity index is 2.46. The molecule has 2 rings (SSSR count). The number of hydrogen-bond donors (Lipinski definition) is 0. The molecule has 0 saturated carbocycles. The number of oxazole rings is 1. The van der Waals surface area contributed by atoms with E-state index in [0.29, 0.717) is 11.6 Å². The Kier molecular flexibility index (Phi) is 2.68. The number of carbonyl (C=O) groups is 1. The lowest BCUT2D eigenvalue weighted by Crippen LogP contribution is -1.91. The summed E-state index contributed by atoms with van der Waals surface area (Å²) < 4.78 is 6.12. The minimum atomic E-state index is -0.1000. The van der Waals surface area contributed by atoms with Crippen LogP contribution in [0.25, 0.3) is 11.5 Å². The molecule has 0 bridgehead atoms. The van der Waals surface area contributed by atoms with Crippen LogP contribution in [0.3, 0.4) is 0 Å². The van der Waals surface area contributed by atoms with E-state index in [4.69, 9.17) is 4.42 Å². The summed E-state index contributed by atoms with van der Waals surface area (Å²) >= 11 is 3.39. The average molecular weight is 266 g/mol. The highest BCUT2D eigenvalue weighted by Gasteiger charge is 2.11. The summed E-state index contributed by atoms with van der Waals surface area (Å²) in [6.45, 7) is 1.46. The molecule has 0 spiro atoms. The van der Waals surface area contributed by atoms with Crippen LogP contribution in [0.4, 0.5) is 0 Å². The van der Waals surface area contributed by atoms with Gasteiger partial charge in [0.25, 0.3) is 0 Å². The van der Waals surface area contributed by atoms with Crippen LogP contribution in [0.15, 0.2) is 39.4 Å². The minimum absolute atomic E-state index is 0.1000. The van der Waals surface area contributed by atoms with Crippen molar-refractivity contribution < 1.29 is 9.21 Å². The van der Waals surface area contributed by atoms with Crippen LogP contribution in [0.5, 0.6) is 0 Å². The minimum Gasteiger partial charge on any atom is -0.444 e. The second kappa shape index (κ2) is 3.98. The quantitative estimate of drug-likeness (QED) is 0.783. The first-order valence-electron chi connectivity index (χ1n) is 4.40. The van der Waals surface area contributed by atoms with E-state index in [2.05, 4.69) is 20.9 Å². The Hall–Kier alpha value is -1.42. The van der Waals surface area contributed by atoms with Crippen molar-refractivity contribution in [2.24, 2.45) is 0 Å². The van der Waals surface area contributed by atoms with E-state index in [-0.39, 0.29) is 5.78 Å². The Morgan fingerprint density at radius 1 is 1.40 bits per heavy atom. The molecule has 0 aliphatic heterocycles. The van der Waals surface area contributed by atoms with Crippen molar-refractivity contribution in [3.63, 3.8) is 0 Å². The predicted octanol–water partition coefficient (Wildman–Crippen LogP) is 3.31. The second-order valence-corrected chi connectivity index (χ2v) is 3.93. The van der Waals surface area contributed by atoms with Gasteiger partial charge in [-0.3, -0.25) is 4.79 Å². The monoisotopic (exact) mass is 265 g/mol. The molecule has 1 aromatic heterocycles. The summed E-state index contributed by atoms with van der Waals surface area (Å²) in [6.07, 6.45) is 1.37. The average Bonchev–Trinajstić information content (AvgIpc) is 2.67. The molecule has 0 saturated heterocycles. The summed E-state index contributed by atoms with van der Waals surface area (Å²) in [4.78, 5) is 15.1. The molecular weight excluding hydrogens is 258 g/mol. The molecule has 1 aromatic carbocycles. The third-order valence-corrected chi connectivity index (χ3v) is 2.66. The van der Waals surface area contributed by atoms with E-state index in [1.165, 1.54) is 13.2 Å². The maximum absolute atomic E-state index is 11.0. The molecule has 0 unspecified atom stereocenters. The molecule has 0 amide bonds. The lowest BCUT2D eigenvalue weighted by atomic mass is 10.2. The Morgan fingerprint density at radius 3 is 2.73 bits per heavy atom. The molecule has 0 fully saturated rings. The lowest BCUT2D eigenvalue weighted by molar-refractivity contribution is 0.101. The van der Waals surface area contributed by atoms with Gasteiger partial charge in [-0.2, -0.15) is 0 Å². The van der Waals surface area contributed by atoms with Gasteiger partial charge in [0.05, 0.1) is 5.56 Å². The van der Waals surface area contributed by atoms with Gasteiger partial charge in [0.1, 0.15) is 12.0 Å². The summed E-state index contributed by atoms with van der Waals surface area (Å²) in [5.74, 6) is 0.352. The van der Waals surface area contributed by atoms with Crippen molar-refractivity contribution in [1.29, 1.82) is 0 Å². The van der Waals surface area contributed by atoms with E-state index >= 15 is 0 Å². The first-order chi connectivity index (χ1) is 7.18. The highest BCUT2D eigenvalue weighted by Crippen LogP contribution is 2.27. The van der Waals surface area contributed by atoms with E-state index in [0.717, 1.165) is 10.0 Å². The number of ketones is 1. The zero-order valence-corrected chi connectivity index (χ0v) is 9.61. The van der Waals surface area contributed by atoms with E-state index in [9.17, 15) is 4.79 Å². The van der Waals surface area contributed by atoms with Gasteiger partial charge in [-0.05, 0) is 28.1 Å². The summed E-state index contributed by atoms with van der Waals surface area (Å²) in [5.41, 5.74) is 1.19. The van der Waals surface area contributed by atoms with Crippen molar-refractivity contribution in [3.8, 4) is 11.5 Å². The molecule has 2 aromatic rings. The van der Waals surface area contributed by atoms with E-state index in [1.807, 2.05) is 24.3 Å². The number of benzene rings is 1. The van der Waals surface area contributed by atoms with Gasteiger partial charge in [-0.15, -0.1) is 0 Å². The van der Waals surface area contributed by atoms with E-state index in [1.54, 1.807) is 0 Å². The van der Waals surface area contributed by atoms with Crippen molar-refractivity contribution in [3.05, 3.63) is 40.7 Å². The zero-order chi connectivity index (χ0) is 10.8. The van der Waals surface area contributed by atoms with Gasteiger partial charge in [0.15, 0.2) is 5.78 Å². The normalized spacial score (nSPS) is 10.3. The van der Waals surface area contributed by atoms with Crippen molar-refractivity contribution in [2.45, 2.75) is 6.92 Å². The molecule has 15 heavy (non-hydrogen) atoms. The molecule has 0 aliphatic rings. The molecule has 76 valence electrons. The number of hydrogen-bond acceptors (Lipinski definition) is 3. The van der Waals surface area contributed by atoms with Crippen LogP contribution in [0, 0.1) is 0 Å². The van der Waals surface area contributed by atoms with Crippen molar-refractivity contribution in [1.82, 2.24) is 4.98 Å². The van der Waals surface area contributed by atoms with Crippen LogP contribution in [-0.2, 0) is 0 Å². The Morgan fingerprint density at radius 2 is 2.13 bits per heavy atom. The van der Waals surface area contributed by atoms with Crippen LogP contribution < -0.4 is 0 Å². The summed E-state index contributed by atoms with van der Waals surface area (Å²) in [5, 5.41) is 0. The molecule has 0 radical (unpaired) electrons. The molecule has 4 heteroatoms. The fraction of sp³-hybridized carbons (Fsp3) is 0.0909. The van der Waals surface area contributed by atoms with Gasteiger partial charge in [-0.25, -0.2) is 4.98 Å². The SMILES string of the molecule is CC(=O)c1coc(-c2ccccc2Br)n1. The molecule has 0 aliphatic carbocycles. The Labute approximate surface area is 95.3 Å². The second-order valence-electron chi connectivity index (χ2n) is 3.07. The third kappa shape index (κ3) is 1.99. The topological polar surface area (TPSA) is 43.1 Å².